The number of carbonyl (C=O) groups is 1. The molecule has 2 aromatic carbocycles. The van der Waals surface area contributed by atoms with Gasteiger partial charge in [0.15, 0.2) is 5.41 Å². The first-order valence-electron chi connectivity index (χ1n) is 12.6. The van der Waals surface area contributed by atoms with Crippen LogP contribution in [0.25, 0.3) is 11.1 Å². The van der Waals surface area contributed by atoms with Gasteiger partial charge in [-0.05, 0) is 60.6 Å². The van der Waals surface area contributed by atoms with Crippen LogP contribution in [0.15, 0.2) is 48.5 Å². The highest BCUT2D eigenvalue weighted by Gasteiger charge is 2.44. The molecule has 0 aromatic heterocycles. The lowest BCUT2D eigenvalue weighted by atomic mass is 9.70. The number of nitriles is 1. The third kappa shape index (κ3) is 6.84. The molecule has 1 saturated carbocycles. The average molecular weight is 448 g/mol. The first-order valence-corrected chi connectivity index (χ1v) is 12.6. The molecule has 4 heteroatoms. The standard InChI is InChI=1S/C29H37NO3/c1-3-5-6-7-8-20-32-26-15-11-24(12-16-26)25-13-17-27(18-14-25)33-28(31)29(22-30)19-9-10-23(4-2)21-29/h11-18,23H,3-10,19-21H2,1-2H3. The van der Waals surface area contributed by atoms with Crippen LogP contribution in [0.5, 0.6) is 11.5 Å². The van der Waals surface area contributed by atoms with Crippen LogP contribution < -0.4 is 9.47 Å². The smallest absolute Gasteiger partial charge is 0.331 e. The van der Waals surface area contributed by atoms with E-state index < -0.39 is 11.4 Å². The summed E-state index contributed by atoms with van der Waals surface area (Å²) in [5.74, 6) is 1.38. The molecule has 0 amide bonds. The summed E-state index contributed by atoms with van der Waals surface area (Å²) in [5, 5.41) is 9.76. The molecular weight excluding hydrogens is 410 g/mol. The van der Waals surface area contributed by atoms with E-state index in [0.717, 1.165) is 49.2 Å². The molecule has 1 aliphatic rings. The zero-order chi connectivity index (χ0) is 23.5. The molecule has 0 bridgehead atoms. The Labute approximate surface area is 198 Å². The van der Waals surface area contributed by atoms with Crippen LogP contribution in [-0.4, -0.2) is 12.6 Å². The Hall–Kier alpha value is -2.80. The fraction of sp³-hybridized carbons (Fsp3) is 0.517. The number of rotatable bonds is 11. The summed E-state index contributed by atoms with van der Waals surface area (Å²) in [6, 6.07) is 17.9. The summed E-state index contributed by atoms with van der Waals surface area (Å²) in [6.07, 6.45) is 10.3. The van der Waals surface area contributed by atoms with E-state index in [-0.39, 0.29) is 0 Å². The van der Waals surface area contributed by atoms with E-state index in [1.165, 1.54) is 25.7 Å². The quantitative estimate of drug-likeness (QED) is 0.201. The molecule has 1 fully saturated rings. The molecule has 0 heterocycles. The van der Waals surface area contributed by atoms with Crippen molar-refractivity contribution in [2.45, 2.75) is 78.1 Å². The van der Waals surface area contributed by atoms with Gasteiger partial charge in [-0.15, -0.1) is 0 Å². The molecule has 0 radical (unpaired) electrons. The molecular formula is C29H37NO3. The van der Waals surface area contributed by atoms with Gasteiger partial charge < -0.3 is 9.47 Å². The number of benzene rings is 2. The second kappa shape index (κ2) is 12.4. The van der Waals surface area contributed by atoms with E-state index >= 15 is 0 Å². The zero-order valence-corrected chi connectivity index (χ0v) is 20.1. The highest BCUT2D eigenvalue weighted by molar-refractivity contribution is 5.82. The van der Waals surface area contributed by atoms with E-state index in [1.54, 1.807) is 12.1 Å². The predicted octanol–water partition coefficient (Wildman–Crippen LogP) is 7.72. The van der Waals surface area contributed by atoms with Gasteiger partial charge in [-0.3, -0.25) is 0 Å². The molecule has 2 aromatic rings. The maximum atomic E-state index is 12.9. The van der Waals surface area contributed by atoms with Crippen LogP contribution in [0, 0.1) is 22.7 Å². The van der Waals surface area contributed by atoms with Crippen LogP contribution in [0.1, 0.15) is 78.1 Å². The lowest BCUT2D eigenvalue weighted by Crippen LogP contribution is -2.38. The topological polar surface area (TPSA) is 59.3 Å². The maximum absolute atomic E-state index is 12.9. The summed E-state index contributed by atoms with van der Waals surface area (Å²) < 4.78 is 11.5. The molecule has 33 heavy (non-hydrogen) atoms. The van der Waals surface area contributed by atoms with E-state index in [0.29, 0.717) is 24.5 Å². The molecule has 3 rings (SSSR count). The van der Waals surface area contributed by atoms with Gasteiger partial charge in [0.2, 0.25) is 0 Å². The minimum Gasteiger partial charge on any atom is -0.494 e. The second-order valence-corrected chi connectivity index (χ2v) is 9.27. The number of unbranched alkanes of at least 4 members (excludes halogenated alkanes) is 4. The Kier molecular flexibility index (Phi) is 9.36. The van der Waals surface area contributed by atoms with Crippen molar-refractivity contribution in [3.8, 4) is 28.7 Å². The summed E-state index contributed by atoms with van der Waals surface area (Å²) in [7, 11) is 0. The maximum Gasteiger partial charge on any atom is 0.331 e. The van der Waals surface area contributed by atoms with Crippen molar-refractivity contribution in [3.05, 3.63) is 48.5 Å². The lowest BCUT2D eigenvalue weighted by molar-refractivity contribution is -0.145. The second-order valence-electron chi connectivity index (χ2n) is 9.27. The monoisotopic (exact) mass is 447 g/mol. The zero-order valence-electron chi connectivity index (χ0n) is 20.1. The molecule has 0 N–H and O–H groups in total. The van der Waals surface area contributed by atoms with E-state index in [9.17, 15) is 10.1 Å². The van der Waals surface area contributed by atoms with Crippen molar-refractivity contribution < 1.29 is 14.3 Å². The Bertz CT molecular complexity index is 913. The van der Waals surface area contributed by atoms with E-state index in [2.05, 4.69) is 19.9 Å². The fourth-order valence-electron chi connectivity index (χ4n) is 4.63. The largest absolute Gasteiger partial charge is 0.494 e. The fourth-order valence-corrected chi connectivity index (χ4v) is 4.63. The van der Waals surface area contributed by atoms with Gasteiger partial charge in [0, 0.05) is 0 Å². The van der Waals surface area contributed by atoms with E-state index in [1.807, 2.05) is 36.4 Å². The number of ether oxygens (including phenoxy) is 2. The first-order chi connectivity index (χ1) is 16.1. The molecule has 176 valence electrons. The van der Waals surface area contributed by atoms with Gasteiger partial charge >= 0.3 is 5.97 Å². The van der Waals surface area contributed by atoms with Crippen molar-refractivity contribution in [1.29, 1.82) is 5.26 Å². The molecule has 0 aliphatic heterocycles. The summed E-state index contributed by atoms with van der Waals surface area (Å²) in [6.45, 7) is 5.10. The average Bonchev–Trinajstić information content (AvgIpc) is 2.87. The molecule has 0 saturated heterocycles. The van der Waals surface area contributed by atoms with E-state index in [4.69, 9.17) is 9.47 Å². The van der Waals surface area contributed by atoms with Gasteiger partial charge in [0.05, 0.1) is 12.7 Å². The Morgan fingerprint density at radius 2 is 1.61 bits per heavy atom. The van der Waals surface area contributed by atoms with Crippen molar-refractivity contribution in [1.82, 2.24) is 0 Å². The number of esters is 1. The first kappa shape index (κ1) is 24.8. The molecule has 2 unspecified atom stereocenters. The predicted molar refractivity (Wildman–Crippen MR) is 132 cm³/mol. The van der Waals surface area contributed by atoms with Gasteiger partial charge in [0.25, 0.3) is 0 Å². The van der Waals surface area contributed by atoms with Gasteiger partial charge in [-0.1, -0.05) is 83.1 Å². The highest BCUT2D eigenvalue weighted by atomic mass is 16.5. The van der Waals surface area contributed by atoms with Crippen molar-refractivity contribution in [3.63, 3.8) is 0 Å². The van der Waals surface area contributed by atoms with Crippen LogP contribution in [-0.2, 0) is 4.79 Å². The lowest BCUT2D eigenvalue weighted by Gasteiger charge is -2.33. The normalized spacial score (nSPS) is 20.1. The third-order valence-electron chi connectivity index (χ3n) is 6.80. The van der Waals surface area contributed by atoms with Gasteiger partial charge in [-0.2, -0.15) is 5.26 Å². The van der Waals surface area contributed by atoms with Crippen LogP contribution in [0.3, 0.4) is 0 Å². The summed E-state index contributed by atoms with van der Waals surface area (Å²) in [4.78, 5) is 12.9. The van der Waals surface area contributed by atoms with Crippen LogP contribution in [0.4, 0.5) is 0 Å². The SMILES string of the molecule is CCCCCCCOc1ccc(-c2ccc(OC(=O)C3(C#N)CCCC(CC)C3)cc2)cc1. The summed E-state index contributed by atoms with van der Waals surface area (Å²) in [5.41, 5.74) is 1.11. The highest BCUT2D eigenvalue weighted by Crippen LogP contribution is 2.41. The Morgan fingerprint density at radius 1 is 0.970 bits per heavy atom. The van der Waals surface area contributed by atoms with Crippen molar-refractivity contribution in [2.75, 3.05) is 6.61 Å². The summed E-state index contributed by atoms with van der Waals surface area (Å²) >= 11 is 0. The Morgan fingerprint density at radius 3 is 2.21 bits per heavy atom. The number of carbonyl (C=O) groups excluding carboxylic acids is 1. The third-order valence-corrected chi connectivity index (χ3v) is 6.80. The number of hydrogen-bond donors (Lipinski definition) is 0. The van der Waals surface area contributed by atoms with Crippen molar-refractivity contribution in [2.24, 2.45) is 11.3 Å². The van der Waals surface area contributed by atoms with Crippen LogP contribution in [0.2, 0.25) is 0 Å². The molecule has 2 atom stereocenters. The van der Waals surface area contributed by atoms with Gasteiger partial charge in [-0.25, -0.2) is 4.79 Å². The molecule has 1 aliphatic carbocycles. The van der Waals surface area contributed by atoms with Crippen LogP contribution >= 0.6 is 0 Å². The van der Waals surface area contributed by atoms with Crippen molar-refractivity contribution >= 4 is 5.97 Å². The molecule has 0 spiro atoms. The number of hydrogen-bond acceptors (Lipinski definition) is 4. The van der Waals surface area contributed by atoms with Gasteiger partial charge in [0.1, 0.15) is 11.5 Å². The molecule has 4 nitrogen and oxygen atoms in total. The Balaban J connectivity index is 1.54. The minimum absolute atomic E-state index is 0.410. The number of nitrogens with zero attached hydrogens (tertiary/aromatic N) is 1. The minimum atomic E-state index is -1.01.